The number of amides is 1. The minimum absolute atomic E-state index is 0.0581. The molecule has 3 heterocycles. The van der Waals surface area contributed by atoms with Crippen molar-refractivity contribution in [3.8, 4) is 17.0 Å². The molecular formula is C24H24ClN5O2S. The molecule has 2 aromatic carbocycles. The Morgan fingerprint density at radius 1 is 1.24 bits per heavy atom. The van der Waals surface area contributed by atoms with Gasteiger partial charge in [0.2, 0.25) is 16.0 Å². The van der Waals surface area contributed by atoms with E-state index in [1.54, 1.807) is 18.4 Å². The molecule has 0 bridgehead atoms. The Hall–Kier alpha value is -3.10. The van der Waals surface area contributed by atoms with Crippen LogP contribution >= 0.6 is 22.9 Å². The molecule has 33 heavy (non-hydrogen) atoms. The highest BCUT2D eigenvalue weighted by atomic mass is 35.5. The molecule has 1 saturated heterocycles. The molecule has 1 aliphatic heterocycles. The first-order valence-electron chi connectivity index (χ1n) is 10.9. The summed E-state index contributed by atoms with van der Waals surface area (Å²) in [6, 6.07) is 15.4. The fraction of sp³-hybridized carbons (Fsp3) is 0.292. The van der Waals surface area contributed by atoms with Gasteiger partial charge in [0.25, 0.3) is 0 Å². The number of halogens is 1. The van der Waals surface area contributed by atoms with Crippen molar-refractivity contribution in [2.24, 2.45) is 5.92 Å². The topological polar surface area (TPSA) is 71.8 Å². The predicted octanol–water partition coefficient (Wildman–Crippen LogP) is 4.65. The second kappa shape index (κ2) is 9.41. The van der Waals surface area contributed by atoms with E-state index in [9.17, 15) is 4.79 Å². The van der Waals surface area contributed by atoms with Gasteiger partial charge in [-0.25, -0.2) is 9.50 Å². The van der Waals surface area contributed by atoms with E-state index in [2.05, 4.69) is 10.2 Å². The molecule has 1 amide bonds. The maximum absolute atomic E-state index is 12.8. The summed E-state index contributed by atoms with van der Waals surface area (Å²) in [6.07, 6.45) is 3.76. The van der Waals surface area contributed by atoms with Crippen molar-refractivity contribution >= 4 is 38.9 Å². The number of carbonyl (C=O) groups is 1. The van der Waals surface area contributed by atoms with Gasteiger partial charge in [-0.2, -0.15) is 0 Å². The number of fused-ring (bicyclic) bond motifs is 1. The first-order chi connectivity index (χ1) is 16.1. The van der Waals surface area contributed by atoms with Gasteiger partial charge in [0, 0.05) is 30.2 Å². The maximum atomic E-state index is 12.8. The molecule has 1 unspecified atom stereocenters. The monoisotopic (exact) mass is 481 g/mol. The number of rotatable bonds is 6. The van der Waals surface area contributed by atoms with E-state index in [0.717, 1.165) is 52.0 Å². The molecule has 1 aliphatic rings. The van der Waals surface area contributed by atoms with Gasteiger partial charge in [-0.3, -0.25) is 4.79 Å². The fourth-order valence-electron chi connectivity index (χ4n) is 4.05. The number of imidazole rings is 1. The Labute approximate surface area is 201 Å². The van der Waals surface area contributed by atoms with Crippen molar-refractivity contribution in [2.45, 2.75) is 19.4 Å². The summed E-state index contributed by atoms with van der Waals surface area (Å²) in [6.45, 7) is 1.97. The summed E-state index contributed by atoms with van der Waals surface area (Å²) in [5, 5.41) is 9.34. The van der Waals surface area contributed by atoms with Gasteiger partial charge in [-0.15, -0.1) is 5.10 Å². The summed E-state index contributed by atoms with van der Waals surface area (Å²) in [4.78, 5) is 20.6. The molecular weight excluding hydrogens is 458 g/mol. The SMILES string of the molecule is COc1ccc(-c2cn3nc(N4CCCC(C(=O)NCc5ccccc5Cl)C4)sc3n2)cc1. The van der Waals surface area contributed by atoms with Gasteiger partial charge in [0.15, 0.2) is 0 Å². The zero-order valence-electron chi connectivity index (χ0n) is 18.2. The molecule has 2 aromatic heterocycles. The molecule has 0 spiro atoms. The Bertz CT molecular complexity index is 1240. The molecule has 0 aliphatic carbocycles. The quantitative estimate of drug-likeness (QED) is 0.434. The van der Waals surface area contributed by atoms with Crippen LogP contribution in [0.3, 0.4) is 0 Å². The van der Waals surface area contributed by atoms with Gasteiger partial charge in [0.05, 0.1) is 24.9 Å². The lowest BCUT2D eigenvalue weighted by molar-refractivity contribution is -0.125. The number of methoxy groups -OCH3 is 1. The smallest absolute Gasteiger partial charge is 0.225 e. The highest BCUT2D eigenvalue weighted by molar-refractivity contribution is 7.20. The van der Waals surface area contributed by atoms with Crippen LogP contribution in [-0.2, 0) is 11.3 Å². The van der Waals surface area contributed by atoms with Gasteiger partial charge in [0.1, 0.15) is 5.75 Å². The van der Waals surface area contributed by atoms with Gasteiger partial charge in [-0.1, -0.05) is 41.1 Å². The van der Waals surface area contributed by atoms with E-state index in [0.29, 0.717) is 18.1 Å². The Kier molecular flexibility index (Phi) is 6.20. The number of anilines is 1. The van der Waals surface area contributed by atoms with Crippen molar-refractivity contribution in [2.75, 3.05) is 25.1 Å². The third-order valence-electron chi connectivity index (χ3n) is 5.89. The van der Waals surface area contributed by atoms with Crippen LogP contribution in [0.15, 0.2) is 54.7 Å². The lowest BCUT2D eigenvalue weighted by atomic mass is 9.97. The van der Waals surface area contributed by atoms with Crippen LogP contribution in [0.2, 0.25) is 5.02 Å². The molecule has 1 atom stereocenters. The molecule has 9 heteroatoms. The number of ether oxygens (including phenoxy) is 1. The van der Waals surface area contributed by atoms with Gasteiger partial charge in [-0.05, 0) is 48.7 Å². The fourth-order valence-corrected chi connectivity index (χ4v) is 5.17. The van der Waals surface area contributed by atoms with Crippen LogP contribution < -0.4 is 15.0 Å². The predicted molar refractivity (Wildman–Crippen MR) is 131 cm³/mol. The van der Waals surface area contributed by atoms with E-state index < -0.39 is 0 Å². The third-order valence-corrected chi connectivity index (χ3v) is 7.24. The molecule has 1 fully saturated rings. The standard InChI is InChI=1S/C24H24ClN5O2S/c1-32-19-10-8-16(9-11-19)21-15-30-23(27-21)33-24(28-30)29-12-4-6-18(14-29)22(31)26-13-17-5-2-3-7-20(17)25/h2-3,5,7-11,15,18H,4,6,12-14H2,1H3,(H,26,31). The Morgan fingerprint density at radius 2 is 2.06 bits per heavy atom. The summed E-state index contributed by atoms with van der Waals surface area (Å²) < 4.78 is 7.04. The Morgan fingerprint density at radius 3 is 2.82 bits per heavy atom. The first-order valence-corrected chi connectivity index (χ1v) is 12.1. The molecule has 5 rings (SSSR count). The molecule has 7 nitrogen and oxygen atoms in total. The number of benzene rings is 2. The van der Waals surface area contributed by atoms with Crippen LogP contribution in [0, 0.1) is 5.92 Å². The minimum Gasteiger partial charge on any atom is -0.497 e. The van der Waals surface area contributed by atoms with Crippen LogP contribution in [0.4, 0.5) is 5.13 Å². The average Bonchev–Trinajstić information content (AvgIpc) is 3.43. The van der Waals surface area contributed by atoms with Crippen molar-refractivity contribution in [3.05, 3.63) is 65.3 Å². The molecule has 170 valence electrons. The lowest BCUT2D eigenvalue weighted by Crippen LogP contribution is -2.43. The average molecular weight is 482 g/mol. The molecule has 1 N–H and O–H groups in total. The highest BCUT2D eigenvalue weighted by Gasteiger charge is 2.28. The number of aromatic nitrogens is 3. The van der Waals surface area contributed by atoms with Crippen LogP contribution in [0.25, 0.3) is 16.2 Å². The first kappa shape index (κ1) is 21.7. The third kappa shape index (κ3) is 4.67. The summed E-state index contributed by atoms with van der Waals surface area (Å²) in [7, 11) is 1.65. The molecule has 0 saturated carbocycles. The normalized spacial score (nSPS) is 16.2. The lowest BCUT2D eigenvalue weighted by Gasteiger charge is -2.31. The van der Waals surface area contributed by atoms with Crippen molar-refractivity contribution in [3.63, 3.8) is 0 Å². The number of nitrogens with zero attached hydrogens (tertiary/aromatic N) is 4. The second-order valence-corrected chi connectivity index (χ2v) is 9.40. The van der Waals surface area contributed by atoms with E-state index in [1.165, 1.54) is 0 Å². The summed E-state index contributed by atoms with van der Waals surface area (Å²) in [5.74, 6) is 0.797. The largest absolute Gasteiger partial charge is 0.497 e. The van der Waals surface area contributed by atoms with Crippen molar-refractivity contribution < 1.29 is 9.53 Å². The number of piperidine rings is 1. The van der Waals surface area contributed by atoms with E-state index >= 15 is 0 Å². The summed E-state index contributed by atoms with van der Waals surface area (Å²) >= 11 is 7.75. The summed E-state index contributed by atoms with van der Waals surface area (Å²) in [5.41, 5.74) is 2.82. The van der Waals surface area contributed by atoms with E-state index in [1.807, 2.05) is 59.2 Å². The van der Waals surface area contributed by atoms with Gasteiger partial charge < -0.3 is 15.0 Å². The molecule has 4 aromatic rings. The van der Waals surface area contributed by atoms with E-state index in [-0.39, 0.29) is 11.8 Å². The van der Waals surface area contributed by atoms with Crippen molar-refractivity contribution in [1.82, 2.24) is 19.9 Å². The van der Waals surface area contributed by atoms with E-state index in [4.69, 9.17) is 26.4 Å². The van der Waals surface area contributed by atoms with Crippen molar-refractivity contribution in [1.29, 1.82) is 0 Å². The van der Waals surface area contributed by atoms with Crippen LogP contribution in [0.1, 0.15) is 18.4 Å². The number of carbonyl (C=O) groups excluding carboxylic acids is 1. The number of nitrogens with one attached hydrogen (secondary N) is 1. The van der Waals surface area contributed by atoms with Gasteiger partial charge >= 0.3 is 0 Å². The zero-order chi connectivity index (χ0) is 22.8. The number of hydrogen-bond donors (Lipinski definition) is 1. The van der Waals surface area contributed by atoms with Crippen LogP contribution in [-0.4, -0.2) is 40.7 Å². The van der Waals surface area contributed by atoms with Crippen LogP contribution in [0.5, 0.6) is 5.75 Å². The number of hydrogen-bond acceptors (Lipinski definition) is 6. The Balaban J connectivity index is 1.25. The minimum atomic E-state index is -0.0766. The second-order valence-electron chi connectivity index (χ2n) is 8.06. The highest BCUT2D eigenvalue weighted by Crippen LogP contribution is 2.30. The molecule has 0 radical (unpaired) electrons. The zero-order valence-corrected chi connectivity index (χ0v) is 19.8. The maximum Gasteiger partial charge on any atom is 0.225 e.